The summed E-state index contributed by atoms with van der Waals surface area (Å²) in [7, 11) is 4.41. The molecule has 0 aliphatic heterocycles. The minimum Gasteiger partial charge on any atom is -0.493 e. The van der Waals surface area contributed by atoms with Crippen molar-refractivity contribution in [2.75, 3.05) is 34.5 Å². The first-order valence-electron chi connectivity index (χ1n) is 7.20. The van der Waals surface area contributed by atoms with Crippen molar-refractivity contribution in [3.8, 4) is 17.2 Å². The van der Waals surface area contributed by atoms with E-state index >= 15 is 0 Å². The van der Waals surface area contributed by atoms with Gasteiger partial charge in [0.05, 0.1) is 40.1 Å². The fraction of sp³-hybridized carbons (Fsp3) is 0.500. The van der Waals surface area contributed by atoms with Crippen molar-refractivity contribution in [3.63, 3.8) is 0 Å². The monoisotopic (exact) mass is 326 g/mol. The molecule has 7 nitrogen and oxygen atoms in total. The normalized spacial score (nSPS) is 9.91. The molecule has 0 radical (unpaired) electrons. The lowest BCUT2D eigenvalue weighted by atomic mass is 10.2. The molecule has 128 valence electrons. The molecule has 1 aromatic carbocycles. The SMILES string of the molecule is CCOC(=O)CCCOC(=O)c1cc(OC)c(OC)c(OC)c1. The van der Waals surface area contributed by atoms with Crippen LogP contribution in [0.15, 0.2) is 12.1 Å². The van der Waals surface area contributed by atoms with Gasteiger partial charge in [0, 0.05) is 6.42 Å². The summed E-state index contributed by atoms with van der Waals surface area (Å²) in [6.45, 7) is 2.20. The van der Waals surface area contributed by atoms with E-state index in [-0.39, 0.29) is 24.6 Å². The van der Waals surface area contributed by atoms with Crippen LogP contribution >= 0.6 is 0 Å². The van der Waals surface area contributed by atoms with Gasteiger partial charge in [0.15, 0.2) is 11.5 Å². The molecule has 0 N–H and O–H groups in total. The van der Waals surface area contributed by atoms with Gasteiger partial charge in [0.25, 0.3) is 0 Å². The van der Waals surface area contributed by atoms with Crippen LogP contribution < -0.4 is 14.2 Å². The summed E-state index contributed by atoms with van der Waals surface area (Å²) >= 11 is 0. The highest BCUT2D eigenvalue weighted by Gasteiger charge is 2.17. The van der Waals surface area contributed by atoms with Gasteiger partial charge in [-0.3, -0.25) is 4.79 Å². The molecule has 0 unspecified atom stereocenters. The Balaban J connectivity index is 2.67. The van der Waals surface area contributed by atoms with Crippen LogP contribution in [-0.4, -0.2) is 46.5 Å². The summed E-state index contributed by atoms with van der Waals surface area (Å²) in [6, 6.07) is 3.02. The first kappa shape index (κ1) is 18.6. The van der Waals surface area contributed by atoms with Crippen LogP contribution in [0.3, 0.4) is 0 Å². The maximum Gasteiger partial charge on any atom is 0.338 e. The van der Waals surface area contributed by atoms with Crippen molar-refractivity contribution < 1.29 is 33.3 Å². The smallest absolute Gasteiger partial charge is 0.338 e. The maximum absolute atomic E-state index is 12.1. The molecule has 0 fully saturated rings. The number of benzene rings is 1. The zero-order chi connectivity index (χ0) is 17.2. The first-order chi connectivity index (χ1) is 11.1. The Hall–Kier alpha value is -2.44. The van der Waals surface area contributed by atoms with Crippen molar-refractivity contribution in [3.05, 3.63) is 17.7 Å². The van der Waals surface area contributed by atoms with Gasteiger partial charge in [-0.15, -0.1) is 0 Å². The number of ether oxygens (including phenoxy) is 5. The minimum absolute atomic E-state index is 0.119. The van der Waals surface area contributed by atoms with Gasteiger partial charge in [-0.25, -0.2) is 4.79 Å². The summed E-state index contributed by atoms with van der Waals surface area (Å²) in [5.41, 5.74) is 0.274. The molecule has 0 bridgehead atoms. The molecule has 0 saturated heterocycles. The van der Waals surface area contributed by atoms with E-state index in [4.69, 9.17) is 23.7 Å². The van der Waals surface area contributed by atoms with E-state index in [1.54, 1.807) is 6.92 Å². The summed E-state index contributed by atoms with van der Waals surface area (Å²) in [4.78, 5) is 23.2. The molecular formula is C16H22O7. The van der Waals surface area contributed by atoms with E-state index in [0.717, 1.165) is 0 Å². The third-order valence-corrected chi connectivity index (χ3v) is 2.96. The number of hydrogen-bond acceptors (Lipinski definition) is 7. The van der Waals surface area contributed by atoms with Crippen LogP contribution in [0.1, 0.15) is 30.1 Å². The van der Waals surface area contributed by atoms with Gasteiger partial charge < -0.3 is 23.7 Å². The highest BCUT2D eigenvalue weighted by Crippen LogP contribution is 2.38. The number of carbonyl (C=O) groups is 2. The average molecular weight is 326 g/mol. The quantitative estimate of drug-likeness (QED) is 0.508. The second-order valence-corrected chi connectivity index (χ2v) is 4.46. The summed E-state index contributed by atoms with van der Waals surface area (Å²) < 4.78 is 25.5. The Morgan fingerprint density at radius 2 is 1.57 bits per heavy atom. The van der Waals surface area contributed by atoms with Crippen molar-refractivity contribution in [2.24, 2.45) is 0 Å². The highest BCUT2D eigenvalue weighted by molar-refractivity contribution is 5.91. The molecule has 1 aromatic rings. The fourth-order valence-corrected chi connectivity index (χ4v) is 1.90. The molecule has 0 saturated carbocycles. The van der Waals surface area contributed by atoms with Crippen molar-refractivity contribution >= 4 is 11.9 Å². The van der Waals surface area contributed by atoms with Gasteiger partial charge in [0.1, 0.15) is 0 Å². The zero-order valence-corrected chi connectivity index (χ0v) is 13.8. The number of carbonyl (C=O) groups excluding carboxylic acids is 2. The van der Waals surface area contributed by atoms with Crippen molar-refractivity contribution in [2.45, 2.75) is 19.8 Å². The molecular weight excluding hydrogens is 304 g/mol. The van der Waals surface area contributed by atoms with E-state index in [0.29, 0.717) is 30.3 Å². The highest BCUT2D eigenvalue weighted by atomic mass is 16.5. The third kappa shape index (κ3) is 5.36. The molecule has 0 amide bonds. The van der Waals surface area contributed by atoms with Gasteiger partial charge >= 0.3 is 11.9 Å². The predicted octanol–water partition coefficient (Wildman–Crippen LogP) is 2.21. The number of methoxy groups -OCH3 is 3. The van der Waals surface area contributed by atoms with Crippen LogP contribution in [0, 0.1) is 0 Å². The lowest BCUT2D eigenvalue weighted by molar-refractivity contribution is -0.143. The first-order valence-corrected chi connectivity index (χ1v) is 7.20. The lowest BCUT2D eigenvalue weighted by Gasteiger charge is -2.13. The van der Waals surface area contributed by atoms with Crippen LogP contribution in [0.2, 0.25) is 0 Å². The molecule has 0 heterocycles. The van der Waals surface area contributed by atoms with Gasteiger partial charge in [0.2, 0.25) is 5.75 Å². The van der Waals surface area contributed by atoms with E-state index < -0.39 is 5.97 Å². The fourth-order valence-electron chi connectivity index (χ4n) is 1.90. The Morgan fingerprint density at radius 1 is 0.957 bits per heavy atom. The number of esters is 2. The molecule has 0 spiro atoms. The van der Waals surface area contributed by atoms with Crippen LogP contribution in [0.5, 0.6) is 17.2 Å². The van der Waals surface area contributed by atoms with Crippen LogP contribution in [0.4, 0.5) is 0 Å². The molecule has 0 aliphatic carbocycles. The molecule has 23 heavy (non-hydrogen) atoms. The summed E-state index contributed by atoms with van der Waals surface area (Å²) in [6.07, 6.45) is 0.603. The molecule has 1 rings (SSSR count). The predicted molar refractivity (Wildman–Crippen MR) is 82.2 cm³/mol. The van der Waals surface area contributed by atoms with Crippen molar-refractivity contribution in [1.29, 1.82) is 0 Å². The lowest BCUT2D eigenvalue weighted by Crippen LogP contribution is -2.10. The second-order valence-electron chi connectivity index (χ2n) is 4.46. The molecule has 0 aromatic heterocycles. The topological polar surface area (TPSA) is 80.3 Å². The average Bonchev–Trinajstić information content (AvgIpc) is 2.57. The molecule has 0 aliphatic rings. The van der Waals surface area contributed by atoms with Crippen LogP contribution in [-0.2, 0) is 14.3 Å². The van der Waals surface area contributed by atoms with Gasteiger partial charge in [-0.05, 0) is 25.5 Å². The Morgan fingerprint density at radius 3 is 2.04 bits per heavy atom. The zero-order valence-electron chi connectivity index (χ0n) is 13.8. The van der Waals surface area contributed by atoms with E-state index in [1.807, 2.05) is 0 Å². The summed E-state index contributed by atoms with van der Waals surface area (Å²) in [5.74, 6) is 0.286. The standard InChI is InChI=1S/C16H22O7/c1-5-22-14(17)7-6-8-23-16(18)11-9-12(19-2)15(21-4)13(10-11)20-3/h9-10H,5-8H2,1-4H3. The minimum atomic E-state index is -0.534. The molecule has 0 atom stereocenters. The number of hydrogen-bond donors (Lipinski definition) is 0. The largest absolute Gasteiger partial charge is 0.493 e. The Bertz CT molecular complexity index is 514. The molecule has 7 heteroatoms. The van der Waals surface area contributed by atoms with E-state index in [9.17, 15) is 9.59 Å². The third-order valence-electron chi connectivity index (χ3n) is 2.96. The Kier molecular flexibility index (Phi) is 7.73. The maximum atomic E-state index is 12.1. The van der Waals surface area contributed by atoms with Crippen molar-refractivity contribution in [1.82, 2.24) is 0 Å². The number of rotatable bonds is 9. The van der Waals surface area contributed by atoms with E-state index in [2.05, 4.69) is 0 Å². The van der Waals surface area contributed by atoms with Gasteiger partial charge in [-0.1, -0.05) is 0 Å². The Labute approximate surface area is 135 Å². The van der Waals surface area contributed by atoms with E-state index in [1.165, 1.54) is 33.5 Å². The van der Waals surface area contributed by atoms with Crippen LogP contribution in [0.25, 0.3) is 0 Å². The van der Waals surface area contributed by atoms with Gasteiger partial charge in [-0.2, -0.15) is 0 Å². The summed E-state index contributed by atoms with van der Waals surface area (Å²) in [5, 5.41) is 0. The second kappa shape index (κ2) is 9.55.